The zero-order valence-electron chi connectivity index (χ0n) is 18.2. The van der Waals surface area contributed by atoms with Gasteiger partial charge in [0.1, 0.15) is 5.82 Å². The van der Waals surface area contributed by atoms with Gasteiger partial charge in [0.05, 0.1) is 5.69 Å². The molecule has 2 aromatic heterocycles. The maximum atomic E-state index is 12.6. The molecule has 0 saturated carbocycles. The first kappa shape index (κ1) is 20.9. The first-order valence-electron chi connectivity index (χ1n) is 11.5. The van der Waals surface area contributed by atoms with Crippen molar-refractivity contribution in [2.45, 2.75) is 97.2 Å². The molecular formula is C22H34N6O2. The number of aromatic nitrogens is 5. The van der Waals surface area contributed by atoms with Crippen LogP contribution >= 0.6 is 0 Å². The second-order valence-electron chi connectivity index (χ2n) is 9.18. The van der Waals surface area contributed by atoms with Crippen LogP contribution in [0.5, 0.6) is 0 Å². The summed E-state index contributed by atoms with van der Waals surface area (Å²) in [5.74, 6) is 1.47. The molecule has 0 fully saturated rings. The topological polar surface area (TPSA) is 97.6 Å². The molecule has 1 amide bonds. The normalized spacial score (nSPS) is 18.7. The van der Waals surface area contributed by atoms with E-state index in [4.69, 9.17) is 0 Å². The first-order chi connectivity index (χ1) is 14.5. The molecule has 3 heterocycles. The van der Waals surface area contributed by atoms with E-state index >= 15 is 0 Å². The maximum absolute atomic E-state index is 12.6. The highest BCUT2D eigenvalue weighted by molar-refractivity contribution is 5.76. The molecule has 2 aliphatic rings. The van der Waals surface area contributed by atoms with Crippen molar-refractivity contribution < 1.29 is 4.79 Å². The molecule has 1 unspecified atom stereocenters. The number of carbonyl (C=O) groups is 1. The second kappa shape index (κ2) is 9.18. The fourth-order valence-electron chi connectivity index (χ4n) is 4.59. The van der Waals surface area contributed by atoms with Gasteiger partial charge in [-0.2, -0.15) is 10.2 Å². The fraction of sp³-hybridized carbons (Fsp3) is 0.727. The van der Waals surface area contributed by atoms with Gasteiger partial charge < -0.3 is 5.32 Å². The molecule has 4 rings (SSSR count). The molecule has 164 valence electrons. The number of fused-ring (bicyclic) bond motifs is 2. The van der Waals surface area contributed by atoms with Crippen LogP contribution in [0.3, 0.4) is 0 Å². The van der Waals surface area contributed by atoms with Crippen molar-refractivity contribution in [3.05, 3.63) is 33.3 Å². The summed E-state index contributed by atoms with van der Waals surface area (Å²) in [6.07, 6.45) is 8.99. The number of amides is 1. The van der Waals surface area contributed by atoms with Crippen molar-refractivity contribution in [3.63, 3.8) is 0 Å². The molecule has 0 saturated heterocycles. The largest absolute Gasteiger partial charge is 0.353 e. The summed E-state index contributed by atoms with van der Waals surface area (Å²) in [5.41, 5.74) is 3.64. The molecule has 8 heteroatoms. The Labute approximate surface area is 177 Å². The predicted octanol–water partition coefficient (Wildman–Crippen LogP) is 2.15. The van der Waals surface area contributed by atoms with Crippen molar-refractivity contribution >= 4 is 5.91 Å². The number of aromatic amines is 1. The Morgan fingerprint density at radius 1 is 1.23 bits per heavy atom. The van der Waals surface area contributed by atoms with Crippen LogP contribution in [0.25, 0.3) is 0 Å². The Hall–Kier alpha value is -2.38. The van der Waals surface area contributed by atoms with E-state index in [0.717, 1.165) is 50.0 Å². The SMILES string of the molecule is CC(C)CCn1nc2n(c1=O)CCC(NC(=O)CCc1n[nH]c3c1CCCC3)CC2. The van der Waals surface area contributed by atoms with E-state index in [1.807, 2.05) is 0 Å². The van der Waals surface area contributed by atoms with Gasteiger partial charge in [-0.05, 0) is 56.4 Å². The molecule has 1 atom stereocenters. The summed E-state index contributed by atoms with van der Waals surface area (Å²) in [6, 6.07) is 0.0933. The van der Waals surface area contributed by atoms with Gasteiger partial charge in [-0.1, -0.05) is 13.8 Å². The van der Waals surface area contributed by atoms with E-state index in [0.29, 0.717) is 31.8 Å². The van der Waals surface area contributed by atoms with Crippen LogP contribution < -0.4 is 11.0 Å². The fourth-order valence-corrected chi connectivity index (χ4v) is 4.59. The second-order valence-corrected chi connectivity index (χ2v) is 9.18. The van der Waals surface area contributed by atoms with Gasteiger partial charge in [0, 0.05) is 44.1 Å². The highest BCUT2D eigenvalue weighted by Gasteiger charge is 2.23. The van der Waals surface area contributed by atoms with Gasteiger partial charge in [-0.25, -0.2) is 9.48 Å². The minimum absolute atomic E-state index is 0.0130. The van der Waals surface area contributed by atoms with Crippen molar-refractivity contribution in [3.8, 4) is 0 Å². The van der Waals surface area contributed by atoms with E-state index in [9.17, 15) is 9.59 Å². The lowest BCUT2D eigenvalue weighted by molar-refractivity contribution is -0.121. The minimum Gasteiger partial charge on any atom is -0.353 e. The summed E-state index contributed by atoms with van der Waals surface area (Å²) < 4.78 is 3.40. The highest BCUT2D eigenvalue weighted by atomic mass is 16.2. The maximum Gasteiger partial charge on any atom is 0.345 e. The molecule has 0 bridgehead atoms. The molecule has 8 nitrogen and oxygen atoms in total. The first-order valence-corrected chi connectivity index (χ1v) is 11.5. The molecule has 2 N–H and O–H groups in total. The summed E-state index contributed by atoms with van der Waals surface area (Å²) in [4.78, 5) is 25.2. The van der Waals surface area contributed by atoms with Crippen molar-refractivity contribution in [1.29, 1.82) is 0 Å². The average molecular weight is 415 g/mol. The van der Waals surface area contributed by atoms with Crippen LogP contribution in [0.1, 0.15) is 75.1 Å². The van der Waals surface area contributed by atoms with Crippen LogP contribution in [0, 0.1) is 5.92 Å². The third-order valence-corrected chi connectivity index (χ3v) is 6.43. The molecule has 2 aromatic rings. The quantitative estimate of drug-likeness (QED) is 0.725. The van der Waals surface area contributed by atoms with Crippen LogP contribution in [0.4, 0.5) is 0 Å². The van der Waals surface area contributed by atoms with Gasteiger partial charge in [0.25, 0.3) is 0 Å². The number of rotatable bonds is 7. The van der Waals surface area contributed by atoms with Crippen LogP contribution in [0.15, 0.2) is 4.79 Å². The number of nitrogens with zero attached hydrogens (tertiary/aromatic N) is 4. The molecular weight excluding hydrogens is 380 g/mol. The zero-order valence-corrected chi connectivity index (χ0v) is 18.2. The minimum atomic E-state index is -0.0130. The van der Waals surface area contributed by atoms with Gasteiger partial charge in [0.15, 0.2) is 0 Å². The number of hydrogen-bond acceptors (Lipinski definition) is 4. The van der Waals surface area contributed by atoms with Gasteiger partial charge in [0.2, 0.25) is 5.91 Å². The molecule has 1 aliphatic carbocycles. The van der Waals surface area contributed by atoms with Gasteiger partial charge >= 0.3 is 5.69 Å². The third-order valence-electron chi connectivity index (χ3n) is 6.43. The number of nitrogens with one attached hydrogen (secondary N) is 2. The summed E-state index contributed by atoms with van der Waals surface area (Å²) in [7, 11) is 0. The van der Waals surface area contributed by atoms with E-state index in [1.54, 1.807) is 9.25 Å². The molecule has 0 radical (unpaired) electrons. The van der Waals surface area contributed by atoms with Gasteiger partial charge in [-0.3, -0.25) is 14.5 Å². The van der Waals surface area contributed by atoms with Crippen LogP contribution in [0.2, 0.25) is 0 Å². The van der Waals surface area contributed by atoms with E-state index in [2.05, 4.69) is 34.5 Å². The van der Waals surface area contributed by atoms with E-state index in [1.165, 1.54) is 24.1 Å². The zero-order chi connectivity index (χ0) is 21.1. The lowest BCUT2D eigenvalue weighted by atomic mass is 9.94. The van der Waals surface area contributed by atoms with E-state index < -0.39 is 0 Å². The monoisotopic (exact) mass is 414 g/mol. The lowest BCUT2D eigenvalue weighted by Crippen LogP contribution is -2.36. The number of H-pyrrole nitrogens is 1. The Morgan fingerprint density at radius 3 is 2.90 bits per heavy atom. The Bertz CT molecular complexity index is 938. The number of aryl methyl sites for hydroxylation is 4. The Morgan fingerprint density at radius 2 is 2.07 bits per heavy atom. The number of hydrogen-bond donors (Lipinski definition) is 2. The van der Waals surface area contributed by atoms with Crippen LogP contribution in [-0.4, -0.2) is 36.5 Å². The summed E-state index contributed by atoms with van der Waals surface area (Å²) in [6.45, 7) is 5.60. The molecule has 1 aliphatic heterocycles. The van der Waals surface area contributed by atoms with Gasteiger partial charge in [-0.15, -0.1) is 0 Å². The number of carbonyl (C=O) groups excluding carboxylic acids is 1. The third kappa shape index (κ3) is 4.68. The average Bonchev–Trinajstić information content (AvgIpc) is 3.20. The standard InChI is InChI=1S/C22H34N6O2/c1-15(2)11-14-28-22(30)27-13-12-16(7-9-20(27)26-28)23-21(29)10-8-19-17-5-3-4-6-18(17)24-25-19/h15-16H,3-14H2,1-2H3,(H,23,29)(H,24,25). The smallest absolute Gasteiger partial charge is 0.345 e. The predicted molar refractivity (Wildman–Crippen MR) is 114 cm³/mol. The highest BCUT2D eigenvalue weighted by Crippen LogP contribution is 2.23. The summed E-state index contributed by atoms with van der Waals surface area (Å²) >= 11 is 0. The van der Waals surface area contributed by atoms with Crippen molar-refractivity contribution in [1.82, 2.24) is 29.9 Å². The summed E-state index contributed by atoms with van der Waals surface area (Å²) in [5, 5.41) is 15.3. The molecule has 0 aromatic carbocycles. The lowest BCUT2D eigenvalue weighted by Gasteiger charge is -2.16. The van der Waals surface area contributed by atoms with E-state index in [-0.39, 0.29) is 17.6 Å². The molecule has 30 heavy (non-hydrogen) atoms. The Kier molecular flexibility index (Phi) is 6.39. The van der Waals surface area contributed by atoms with Crippen molar-refractivity contribution in [2.24, 2.45) is 5.92 Å². The Balaban J connectivity index is 1.28. The van der Waals surface area contributed by atoms with Crippen molar-refractivity contribution in [2.75, 3.05) is 0 Å². The molecule has 0 spiro atoms. The van der Waals surface area contributed by atoms with Crippen LogP contribution in [-0.2, 0) is 43.6 Å².